The van der Waals surface area contributed by atoms with Crippen LogP contribution in [0.4, 0.5) is 0 Å². The molecule has 1 atom stereocenters. The molecule has 0 radical (unpaired) electrons. The maximum absolute atomic E-state index is 13.0. The summed E-state index contributed by atoms with van der Waals surface area (Å²) < 4.78 is 31.3. The minimum absolute atomic E-state index is 0.105. The smallest absolute Gasteiger partial charge is 0.253 e. The number of benzene rings is 1. The van der Waals surface area contributed by atoms with Gasteiger partial charge in [-0.25, -0.2) is 13.4 Å². The lowest BCUT2D eigenvalue weighted by Gasteiger charge is -2.18. The maximum Gasteiger partial charge on any atom is 0.253 e. The van der Waals surface area contributed by atoms with Crippen molar-refractivity contribution in [1.82, 2.24) is 19.7 Å². The van der Waals surface area contributed by atoms with Crippen LogP contribution >= 0.6 is 11.3 Å². The third kappa shape index (κ3) is 5.27. The molecule has 0 saturated carbocycles. The predicted molar refractivity (Wildman–Crippen MR) is 127 cm³/mol. The molecular formula is C23H28N4O4S2. The van der Waals surface area contributed by atoms with E-state index in [0.29, 0.717) is 30.9 Å². The van der Waals surface area contributed by atoms with Crippen LogP contribution in [0, 0.1) is 20.8 Å². The topological polar surface area (TPSA) is 94.4 Å². The van der Waals surface area contributed by atoms with Gasteiger partial charge in [-0.2, -0.15) is 5.10 Å². The summed E-state index contributed by atoms with van der Waals surface area (Å²) in [5.41, 5.74) is 4.14. The van der Waals surface area contributed by atoms with Crippen LogP contribution in [-0.2, 0) is 23.0 Å². The molecule has 1 aliphatic heterocycles. The van der Waals surface area contributed by atoms with Gasteiger partial charge in [0.15, 0.2) is 9.84 Å². The van der Waals surface area contributed by atoms with Crippen LogP contribution in [0.3, 0.4) is 0 Å². The molecule has 1 fully saturated rings. The molecule has 3 heterocycles. The van der Waals surface area contributed by atoms with Gasteiger partial charge in [0, 0.05) is 35.8 Å². The number of amides is 1. The molecular weight excluding hydrogens is 460 g/mol. The normalized spacial score (nSPS) is 17.3. The van der Waals surface area contributed by atoms with Gasteiger partial charge in [0.25, 0.3) is 5.91 Å². The molecule has 1 saturated heterocycles. The molecule has 1 aliphatic rings. The van der Waals surface area contributed by atoms with E-state index in [1.54, 1.807) is 47.5 Å². The summed E-state index contributed by atoms with van der Waals surface area (Å²) in [6, 6.07) is 6.95. The van der Waals surface area contributed by atoms with Crippen molar-refractivity contribution in [3.63, 3.8) is 0 Å². The van der Waals surface area contributed by atoms with Crippen molar-refractivity contribution in [3.05, 3.63) is 62.9 Å². The summed E-state index contributed by atoms with van der Waals surface area (Å²) in [7, 11) is -1.24. The molecule has 176 valence electrons. The highest BCUT2D eigenvalue weighted by Gasteiger charge is 2.31. The number of hydrogen-bond acceptors (Lipinski definition) is 7. The van der Waals surface area contributed by atoms with E-state index in [0.717, 1.165) is 27.7 Å². The average Bonchev–Trinajstić information content (AvgIpc) is 3.44. The van der Waals surface area contributed by atoms with E-state index in [-0.39, 0.29) is 23.5 Å². The molecule has 8 nitrogen and oxygen atoms in total. The lowest BCUT2D eigenvalue weighted by atomic mass is 10.1. The second kappa shape index (κ2) is 9.26. The zero-order valence-corrected chi connectivity index (χ0v) is 20.9. The molecule has 0 N–H and O–H groups in total. The second-order valence-corrected chi connectivity index (χ2v) is 11.8. The van der Waals surface area contributed by atoms with Crippen molar-refractivity contribution in [3.8, 4) is 5.75 Å². The molecule has 0 spiro atoms. The van der Waals surface area contributed by atoms with Crippen LogP contribution < -0.4 is 4.74 Å². The number of hydrogen-bond donors (Lipinski definition) is 0. The Morgan fingerprint density at radius 1 is 1.24 bits per heavy atom. The highest BCUT2D eigenvalue weighted by molar-refractivity contribution is 7.91. The Morgan fingerprint density at radius 2 is 1.97 bits per heavy atom. The molecule has 3 aromatic rings. The second-order valence-electron chi connectivity index (χ2n) is 8.48. The number of thiazole rings is 1. The van der Waals surface area contributed by atoms with Crippen LogP contribution in [0.5, 0.6) is 5.75 Å². The van der Waals surface area contributed by atoms with E-state index in [9.17, 15) is 13.2 Å². The molecule has 0 bridgehead atoms. The van der Waals surface area contributed by atoms with Crippen LogP contribution in [-0.4, -0.2) is 52.5 Å². The van der Waals surface area contributed by atoms with Crippen molar-refractivity contribution in [1.29, 1.82) is 0 Å². The SMILES string of the molecule is Cc1nc(COc2ccc(C(=O)N(C)Cc3c(C)nn(C4CCS(=O)(=O)C4)c3C)cc2)cs1. The lowest BCUT2D eigenvalue weighted by molar-refractivity contribution is 0.0784. The zero-order valence-electron chi connectivity index (χ0n) is 19.2. The van der Waals surface area contributed by atoms with Crippen LogP contribution in [0.2, 0.25) is 0 Å². The Bertz CT molecular complexity index is 1260. The number of nitrogens with zero attached hydrogens (tertiary/aromatic N) is 4. The Morgan fingerprint density at radius 3 is 2.58 bits per heavy atom. The summed E-state index contributed by atoms with van der Waals surface area (Å²) in [4.78, 5) is 19.0. The van der Waals surface area contributed by atoms with Gasteiger partial charge in [-0.15, -0.1) is 11.3 Å². The summed E-state index contributed by atoms with van der Waals surface area (Å²) in [5.74, 6) is 0.901. The fourth-order valence-electron chi connectivity index (χ4n) is 4.10. The summed E-state index contributed by atoms with van der Waals surface area (Å²) in [5, 5.41) is 7.57. The molecule has 10 heteroatoms. The minimum Gasteiger partial charge on any atom is -0.487 e. The van der Waals surface area contributed by atoms with Gasteiger partial charge in [-0.1, -0.05) is 0 Å². The Labute approximate surface area is 198 Å². The molecule has 33 heavy (non-hydrogen) atoms. The number of rotatable bonds is 7. The van der Waals surface area contributed by atoms with Gasteiger partial charge in [0.05, 0.1) is 33.9 Å². The van der Waals surface area contributed by atoms with Gasteiger partial charge in [-0.05, 0) is 51.5 Å². The monoisotopic (exact) mass is 488 g/mol. The van der Waals surface area contributed by atoms with Gasteiger partial charge in [0.2, 0.25) is 0 Å². The van der Waals surface area contributed by atoms with Gasteiger partial charge in [-0.3, -0.25) is 9.48 Å². The van der Waals surface area contributed by atoms with E-state index < -0.39 is 9.84 Å². The third-order valence-electron chi connectivity index (χ3n) is 5.93. The maximum atomic E-state index is 13.0. The fraction of sp³-hybridized carbons (Fsp3) is 0.435. The first-order valence-electron chi connectivity index (χ1n) is 10.8. The Kier molecular flexibility index (Phi) is 6.58. The fourth-order valence-corrected chi connectivity index (χ4v) is 6.39. The zero-order chi connectivity index (χ0) is 23.8. The van der Waals surface area contributed by atoms with Gasteiger partial charge < -0.3 is 9.64 Å². The molecule has 1 unspecified atom stereocenters. The molecule has 1 amide bonds. The van der Waals surface area contributed by atoms with Crippen molar-refractivity contribution in [2.75, 3.05) is 18.6 Å². The molecule has 2 aromatic heterocycles. The first-order valence-corrected chi connectivity index (χ1v) is 13.5. The number of aromatic nitrogens is 3. The van der Waals surface area contributed by atoms with Gasteiger partial charge in [0.1, 0.15) is 12.4 Å². The Balaban J connectivity index is 1.40. The number of aryl methyl sites for hydroxylation is 2. The van der Waals surface area contributed by atoms with E-state index in [4.69, 9.17) is 4.74 Å². The standard InChI is InChI=1S/C23H28N4O4S2/c1-15-22(16(2)27(25-15)20-9-10-33(29,30)14-20)11-26(4)23(28)18-5-7-21(8-6-18)31-12-19-13-32-17(3)24-19/h5-8,13,20H,9-12,14H2,1-4H3. The number of sulfone groups is 1. The Hall–Kier alpha value is -2.72. The predicted octanol–water partition coefficient (Wildman–Crippen LogP) is 3.48. The lowest BCUT2D eigenvalue weighted by Crippen LogP contribution is -2.26. The summed E-state index contributed by atoms with van der Waals surface area (Å²) in [6.45, 7) is 6.59. The minimum atomic E-state index is -3.00. The van der Waals surface area contributed by atoms with E-state index in [1.807, 2.05) is 30.8 Å². The van der Waals surface area contributed by atoms with Crippen molar-refractivity contribution < 1.29 is 17.9 Å². The van der Waals surface area contributed by atoms with Crippen LogP contribution in [0.1, 0.15) is 50.5 Å². The van der Waals surface area contributed by atoms with Crippen molar-refractivity contribution in [2.45, 2.75) is 46.4 Å². The third-order valence-corrected chi connectivity index (χ3v) is 8.50. The van der Waals surface area contributed by atoms with E-state index in [1.165, 1.54) is 0 Å². The highest BCUT2D eigenvalue weighted by Crippen LogP contribution is 2.27. The van der Waals surface area contributed by atoms with Crippen molar-refractivity contribution in [2.24, 2.45) is 0 Å². The van der Waals surface area contributed by atoms with E-state index >= 15 is 0 Å². The molecule has 4 rings (SSSR count). The van der Waals surface area contributed by atoms with Crippen LogP contribution in [0.25, 0.3) is 0 Å². The first-order chi connectivity index (χ1) is 15.6. The largest absolute Gasteiger partial charge is 0.487 e. The first kappa shape index (κ1) is 23.4. The number of carbonyl (C=O) groups is 1. The summed E-state index contributed by atoms with van der Waals surface area (Å²) >= 11 is 1.59. The summed E-state index contributed by atoms with van der Waals surface area (Å²) in [6.07, 6.45) is 0.578. The number of carbonyl (C=O) groups excluding carboxylic acids is 1. The number of ether oxygens (including phenoxy) is 1. The van der Waals surface area contributed by atoms with Gasteiger partial charge >= 0.3 is 0 Å². The highest BCUT2D eigenvalue weighted by atomic mass is 32.2. The van der Waals surface area contributed by atoms with Crippen LogP contribution in [0.15, 0.2) is 29.6 Å². The molecule has 0 aliphatic carbocycles. The van der Waals surface area contributed by atoms with E-state index in [2.05, 4.69) is 10.1 Å². The quantitative estimate of drug-likeness (QED) is 0.505. The molecule has 1 aromatic carbocycles. The average molecular weight is 489 g/mol. The van der Waals surface area contributed by atoms with Crippen molar-refractivity contribution >= 4 is 27.1 Å².